The maximum absolute atomic E-state index is 12.4. The van der Waals surface area contributed by atoms with Gasteiger partial charge in [0.05, 0.1) is 12.9 Å². The highest BCUT2D eigenvalue weighted by molar-refractivity contribution is 7.89. The third-order valence-corrected chi connectivity index (χ3v) is 4.39. The fraction of sp³-hybridized carbons (Fsp3) is 0.667. The van der Waals surface area contributed by atoms with Crippen molar-refractivity contribution in [1.29, 1.82) is 0 Å². The predicted molar refractivity (Wildman–Crippen MR) is 73.6 cm³/mol. The van der Waals surface area contributed by atoms with Gasteiger partial charge in [-0.3, -0.25) is 4.79 Å². The highest BCUT2D eigenvalue weighted by Crippen LogP contribution is 2.14. The molecular weight excluding hydrogens is 282 g/mol. The molecule has 0 aliphatic rings. The highest BCUT2D eigenvalue weighted by atomic mass is 32.2. The van der Waals surface area contributed by atoms with E-state index in [9.17, 15) is 13.2 Å². The van der Waals surface area contributed by atoms with E-state index >= 15 is 0 Å². The Kier molecular flexibility index (Phi) is 6.15. The number of nitrogens with zero attached hydrogens (tertiary/aromatic N) is 3. The summed E-state index contributed by atoms with van der Waals surface area (Å²) in [6.45, 7) is 6.24. The van der Waals surface area contributed by atoms with Gasteiger partial charge < -0.3 is 9.30 Å². The Labute approximate surface area is 119 Å². The summed E-state index contributed by atoms with van der Waals surface area (Å²) in [7, 11) is -3.77. The lowest BCUT2D eigenvalue weighted by molar-refractivity contribution is -0.143. The minimum atomic E-state index is -3.77. The first-order valence-electron chi connectivity index (χ1n) is 6.63. The molecule has 8 heteroatoms. The van der Waals surface area contributed by atoms with Crippen LogP contribution < -0.4 is 0 Å². The summed E-state index contributed by atoms with van der Waals surface area (Å²) in [5.41, 5.74) is 0. The number of esters is 1. The van der Waals surface area contributed by atoms with E-state index < -0.39 is 16.0 Å². The van der Waals surface area contributed by atoms with Gasteiger partial charge in [-0.25, -0.2) is 13.4 Å². The topological polar surface area (TPSA) is 81.5 Å². The first-order chi connectivity index (χ1) is 9.45. The van der Waals surface area contributed by atoms with Gasteiger partial charge in [0.25, 0.3) is 10.0 Å². The molecule has 0 radical (unpaired) electrons. The van der Waals surface area contributed by atoms with E-state index in [2.05, 4.69) is 4.98 Å². The quantitative estimate of drug-likeness (QED) is 0.666. The van der Waals surface area contributed by atoms with E-state index in [1.807, 2.05) is 13.8 Å². The molecule has 0 fully saturated rings. The van der Waals surface area contributed by atoms with Crippen molar-refractivity contribution in [2.45, 2.75) is 38.8 Å². The number of carbonyl (C=O) groups is 1. The zero-order valence-electron chi connectivity index (χ0n) is 12.1. The molecule has 20 heavy (non-hydrogen) atoms. The van der Waals surface area contributed by atoms with Gasteiger partial charge >= 0.3 is 5.97 Å². The number of hydrogen-bond donors (Lipinski definition) is 0. The van der Waals surface area contributed by atoms with E-state index in [4.69, 9.17) is 4.74 Å². The van der Waals surface area contributed by atoms with Gasteiger partial charge in [0.2, 0.25) is 0 Å². The zero-order chi connectivity index (χ0) is 15.2. The minimum Gasteiger partial charge on any atom is -0.465 e. The molecule has 0 saturated heterocycles. The van der Waals surface area contributed by atoms with Crippen LogP contribution in [-0.4, -0.2) is 47.9 Å². The molecule has 0 aromatic carbocycles. The Morgan fingerprint density at radius 2 is 2.10 bits per heavy atom. The standard InChI is InChI=1S/C12H21N3O4S/c1-4-7-15(9-12(16)19-6-3)20(17,18)11-8-14(5-2)10-13-11/h8,10H,4-7,9H2,1-3H3. The molecule has 1 rings (SSSR count). The van der Waals surface area contributed by atoms with Gasteiger partial charge in [-0.15, -0.1) is 0 Å². The number of aromatic nitrogens is 2. The van der Waals surface area contributed by atoms with Gasteiger partial charge in [0.1, 0.15) is 6.54 Å². The summed E-state index contributed by atoms with van der Waals surface area (Å²) in [5, 5.41) is -0.0444. The lowest BCUT2D eigenvalue weighted by atomic mass is 10.5. The normalized spacial score (nSPS) is 11.8. The lowest BCUT2D eigenvalue weighted by Gasteiger charge is -2.19. The molecule has 0 bridgehead atoms. The minimum absolute atomic E-state index is 0.0444. The number of sulfonamides is 1. The SMILES string of the molecule is CCCN(CC(=O)OCC)S(=O)(=O)c1cn(CC)cn1. The molecule has 1 aromatic rings. The third kappa shape index (κ3) is 4.04. The zero-order valence-corrected chi connectivity index (χ0v) is 12.9. The molecule has 0 saturated carbocycles. The summed E-state index contributed by atoms with van der Waals surface area (Å²) < 4.78 is 32.4. The number of ether oxygens (including phenoxy) is 1. The Balaban J connectivity index is 2.96. The highest BCUT2D eigenvalue weighted by Gasteiger charge is 2.28. The first kappa shape index (κ1) is 16.6. The van der Waals surface area contributed by atoms with Crippen molar-refractivity contribution >= 4 is 16.0 Å². The average molecular weight is 303 g/mol. The monoisotopic (exact) mass is 303 g/mol. The second kappa shape index (κ2) is 7.39. The van der Waals surface area contributed by atoms with Crippen molar-refractivity contribution in [3.63, 3.8) is 0 Å². The van der Waals surface area contributed by atoms with Crippen LogP contribution >= 0.6 is 0 Å². The molecule has 114 valence electrons. The van der Waals surface area contributed by atoms with E-state index in [0.29, 0.717) is 13.0 Å². The average Bonchev–Trinajstić information content (AvgIpc) is 2.88. The number of aryl methyl sites for hydroxylation is 1. The molecule has 0 unspecified atom stereocenters. The van der Waals surface area contributed by atoms with Crippen LogP contribution in [0.1, 0.15) is 27.2 Å². The van der Waals surface area contributed by atoms with Crippen molar-refractivity contribution in [3.05, 3.63) is 12.5 Å². The molecule has 0 amide bonds. The largest absolute Gasteiger partial charge is 0.465 e. The van der Waals surface area contributed by atoms with Crippen LogP contribution in [-0.2, 0) is 26.1 Å². The van der Waals surface area contributed by atoms with E-state index in [-0.39, 0.29) is 24.7 Å². The summed E-state index contributed by atoms with van der Waals surface area (Å²) in [6, 6.07) is 0. The molecule has 1 aromatic heterocycles. The molecule has 0 aliphatic carbocycles. The predicted octanol–water partition coefficient (Wildman–Crippen LogP) is 0.867. The summed E-state index contributed by atoms with van der Waals surface area (Å²) in [4.78, 5) is 15.4. The van der Waals surface area contributed by atoms with Gasteiger partial charge in [-0.1, -0.05) is 6.92 Å². The van der Waals surface area contributed by atoms with Gasteiger partial charge in [-0.2, -0.15) is 4.31 Å². The van der Waals surface area contributed by atoms with Crippen LogP contribution in [0.4, 0.5) is 0 Å². The molecule has 7 nitrogen and oxygen atoms in total. The van der Waals surface area contributed by atoms with E-state index in [1.165, 1.54) is 12.5 Å². The number of hydrogen-bond acceptors (Lipinski definition) is 5. The maximum Gasteiger partial charge on any atom is 0.321 e. The van der Waals surface area contributed by atoms with Crippen molar-refractivity contribution in [2.24, 2.45) is 0 Å². The fourth-order valence-electron chi connectivity index (χ4n) is 1.66. The molecule has 0 atom stereocenters. The fourth-order valence-corrected chi connectivity index (χ4v) is 3.07. The van der Waals surface area contributed by atoms with Crippen LogP contribution in [0, 0.1) is 0 Å². The van der Waals surface area contributed by atoms with Gasteiger partial charge in [0.15, 0.2) is 5.03 Å². The number of carbonyl (C=O) groups excluding carboxylic acids is 1. The Bertz CT molecular complexity index is 539. The van der Waals surface area contributed by atoms with Gasteiger partial charge in [-0.05, 0) is 20.3 Å². The Hall–Kier alpha value is -1.41. The molecule has 0 aliphatic heterocycles. The van der Waals surface area contributed by atoms with Crippen molar-refractivity contribution < 1.29 is 17.9 Å². The van der Waals surface area contributed by atoms with Crippen molar-refractivity contribution in [1.82, 2.24) is 13.9 Å². The third-order valence-electron chi connectivity index (χ3n) is 2.66. The van der Waals surface area contributed by atoms with Crippen LogP contribution in [0.3, 0.4) is 0 Å². The van der Waals surface area contributed by atoms with Crippen molar-refractivity contribution in [3.8, 4) is 0 Å². The van der Waals surface area contributed by atoms with E-state index in [1.54, 1.807) is 11.5 Å². The number of rotatable bonds is 8. The molecule has 0 spiro atoms. The second-order valence-electron chi connectivity index (χ2n) is 4.19. The lowest BCUT2D eigenvalue weighted by Crippen LogP contribution is -2.37. The van der Waals surface area contributed by atoms with Gasteiger partial charge in [0, 0.05) is 19.3 Å². The van der Waals surface area contributed by atoms with Crippen LogP contribution in [0.2, 0.25) is 0 Å². The summed E-state index contributed by atoms with van der Waals surface area (Å²) in [5.74, 6) is -0.556. The maximum atomic E-state index is 12.4. The summed E-state index contributed by atoms with van der Waals surface area (Å²) >= 11 is 0. The van der Waals surface area contributed by atoms with Crippen LogP contribution in [0.5, 0.6) is 0 Å². The Morgan fingerprint density at radius 1 is 1.40 bits per heavy atom. The second-order valence-corrected chi connectivity index (χ2v) is 6.07. The van der Waals surface area contributed by atoms with Crippen molar-refractivity contribution in [2.75, 3.05) is 19.7 Å². The first-order valence-corrected chi connectivity index (χ1v) is 8.07. The molecule has 1 heterocycles. The van der Waals surface area contributed by atoms with Crippen LogP contribution in [0.15, 0.2) is 17.6 Å². The summed E-state index contributed by atoms with van der Waals surface area (Å²) in [6.07, 6.45) is 3.53. The van der Waals surface area contributed by atoms with Crippen LogP contribution in [0.25, 0.3) is 0 Å². The number of imidazole rings is 1. The van der Waals surface area contributed by atoms with E-state index in [0.717, 1.165) is 4.31 Å². The molecular formula is C12H21N3O4S. The smallest absolute Gasteiger partial charge is 0.321 e. The Morgan fingerprint density at radius 3 is 2.60 bits per heavy atom. The molecule has 0 N–H and O–H groups in total.